The second-order valence-electron chi connectivity index (χ2n) is 37.5. The SMILES string of the molecule is C=C(C)C(=O)OCCNC(=O)NCc1cc(C(C)(C)C)c(O)c(C(C)(C)C)c1.C=C(C)C(=O)ON=C=O.CC(C)(C)c1cc(C=O)cc(C(C)(C)C)c1O.CC(C)(C)c1cc(CN)cc(C(C)(C)C)c1O.CC(C)(C)c1cc(CNC=O)cc(C(C)(C)C)c1O.Cc1cc(C(C)(C)C)c(O)c(C(C)(C)C)c1. The van der Waals surface area contributed by atoms with E-state index in [4.69, 9.17) is 10.5 Å². The van der Waals surface area contributed by atoms with Crippen LogP contribution in [0.15, 0.2) is 90.1 Å². The molecule has 0 atom stereocenters. The quantitative estimate of drug-likeness (QED) is 0.00774. The second kappa shape index (κ2) is 38.7. The number of nitrogens with one attached hydrogen (secondary N) is 3. The third-order valence-corrected chi connectivity index (χ3v) is 16.7. The summed E-state index contributed by atoms with van der Waals surface area (Å²) < 4.78 is 4.93. The van der Waals surface area contributed by atoms with Crippen molar-refractivity contribution in [1.29, 1.82) is 0 Å². The van der Waals surface area contributed by atoms with Crippen molar-refractivity contribution in [2.45, 2.75) is 302 Å². The van der Waals surface area contributed by atoms with E-state index in [2.05, 4.69) is 183 Å². The van der Waals surface area contributed by atoms with Crippen molar-refractivity contribution in [2.75, 3.05) is 13.2 Å². The number of phenolic OH excluding ortho intramolecular Hbond substituents is 5. The van der Waals surface area contributed by atoms with Gasteiger partial charge in [0.15, 0.2) is 0 Å². The number of phenols is 5. The molecule has 3 amide bonds. The lowest BCUT2D eigenvalue weighted by Gasteiger charge is -2.28. The van der Waals surface area contributed by atoms with Crippen LogP contribution >= 0.6 is 0 Å². The number of hydrogen-bond donors (Lipinski definition) is 9. The van der Waals surface area contributed by atoms with Crippen LogP contribution in [0, 0.1) is 6.92 Å². The van der Waals surface area contributed by atoms with Crippen LogP contribution in [-0.4, -0.2) is 75.4 Å². The molecule has 18 heteroatoms. The zero-order chi connectivity index (χ0) is 83.4. The average molecular weight is 1470 g/mol. The minimum absolute atomic E-state index is 0.0178. The first-order valence-corrected chi connectivity index (χ1v) is 36.1. The summed E-state index contributed by atoms with van der Waals surface area (Å²) in [5.41, 5.74) is 19.1. The monoisotopic (exact) mass is 1470 g/mol. The summed E-state index contributed by atoms with van der Waals surface area (Å²) in [6.45, 7) is 75.8. The van der Waals surface area contributed by atoms with Crippen molar-refractivity contribution >= 4 is 36.7 Å². The molecule has 0 heterocycles. The highest BCUT2D eigenvalue weighted by Crippen LogP contribution is 2.45. The molecule has 0 unspecified atom stereocenters. The number of hydrogen-bond acceptors (Lipinski definition) is 15. The third-order valence-electron chi connectivity index (χ3n) is 16.7. The van der Waals surface area contributed by atoms with Gasteiger partial charge in [0.25, 0.3) is 6.08 Å². The number of urea groups is 1. The molecule has 0 spiro atoms. The van der Waals surface area contributed by atoms with Crippen LogP contribution in [0.3, 0.4) is 0 Å². The van der Waals surface area contributed by atoms with E-state index < -0.39 is 11.9 Å². The van der Waals surface area contributed by atoms with Crippen molar-refractivity contribution in [2.24, 2.45) is 10.9 Å². The van der Waals surface area contributed by atoms with Crippen LogP contribution in [0.1, 0.15) is 310 Å². The van der Waals surface area contributed by atoms with Gasteiger partial charge < -0.3 is 56.8 Å². The van der Waals surface area contributed by atoms with Crippen molar-refractivity contribution in [3.8, 4) is 28.7 Å². The maximum absolute atomic E-state index is 12.0. The summed E-state index contributed by atoms with van der Waals surface area (Å²) in [6.07, 6.45) is 2.58. The molecule has 106 heavy (non-hydrogen) atoms. The minimum atomic E-state index is -0.724. The van der Waals surface area contributed by atoms with E-state index in [0.29, 0.717) is 65.9 Å². The van der Waals surface area contributed by atoms with Gasteiger partial charge in [-0.3, -0.25) is 9.59 Å². The van der Waals surface area contributed by atoms with Crippen molar-refractivity contribution in [3.63, 3.8) is 0 Å². The van der Waals surface area contributed by atoms with Gasteiger partial charge in [-0.25, -0.2) is 19.2 Å². The van der Waals surface area contributed by atoms with E-state index >= 15 is 0 Å². The van der Waals surface area contributed by atoms with Gasteiger partial charge in [0, 0.05) is 52.6 Å². The number of aromatic hydroxyl groups is 5. The molecular formula is C88H135N5O13. The first-order chi connectivity index (χ1) is 47.7. The Morgan fingerprint density at radius 2 is 0.698 bits per heavy atom. The standard InChI is InChI=1S/C22H34N2O4.C16H25NO2.C15H25NO.C15H22O2.C15H24O.C5H5NO3/c1-14(2)19(26)28-10-9-23-20(27)24-13-15-11-16(21(3,4)5)18(25)17(12-15)22(6,7)8;1-15(2,3)12-7-11(9-17-10-18)8-13(14(12)19)16(4,5)6;2*1-14(2,3)11-7-10(9-16)8-12(13(11)17)15(4,5)6;1-10-8-11(14(2,3)4)13(16)12(9-10)15(5,6)7;1-4(2)5(8)9-6-3-7/h11-12,25H,1,9-10,13H2,2-8H3,(H2,23,24,27);7-8,10,19H,9H2,1-6H3,(H,17,18);7-8,17H,9,16H2,1-6H3;7-9,17H,1-6H3;8-9,16H,1-7H3;1H2,2H3. The molecule has 0 fully saturated rings. The summed E-state index contributed by atoms with van der Waals surface area (Å²) in [6, 6.07) is 19.2. The van der Waals surface area contributed by atoms with Crippen molar-refractivity contribution in [1.82, 2.24) is 16.0 Å². The van der Waals surface area contributed by atoms with Gasteiger partial charge >= 0.3 is 18.0 Å². The number of rotatable bonds is 13. The topological polar surface area (TPSA) is 296 Å². The molecule has 0 aliphatic heterocycles. The smallest absolute Gasteiger partial charge is 0.361 e. The first kappa shape index (κ1) is 97.3. The van der Waals surface area contributed by atoms with Crippen LogP contribution in [0.2, 0.25) is 0 Å². The molecular weight excluding hydrogens is 1330 g/mol. The predicted octanol–water partition coefficient (Wildman–Crippen LogP) is 19.0. The maximum atomic E-state index is 12.0. The van der Waals surface area contributed by atoms with E-state index in [1.807, 2.05) is 119 Å². The Hall–Kier alpha value is -8.73. The molecule has 5 aromatic carbocycles. The predicted molar refractivity (Wildman–Crippen MR) is 433 cm³/mol. The Labute approximate surface area is 636 Å². The Balaban J connectivity index is 0.00000128. The van der Waals surface area contributed by atoms with Gasteiger partial charge in [-0.05, 0) is 173 Å². The Morgan fingerprint density at radius 3 is 0.943 bits per heavy atom. The number of ether oxygens (including phenoxy) is 1. The number of esters is 1. The number of carbonyl (C=O) groups excluding carboxylic acids is 6. The van der Waals surface area contributed by atoms with Crippen LogP contribution in [0.4, 0.5) is 4.79 Å². The van der Waals surface area contributed by atoms with Gasteiger partial charge in [-0.2, -0.15) is 0 Å². The molecule has 590 valence electrons. The molecule has 0 aliphatic rings. The number of amides is 3. The summed E-state index contributed by atoms with van der Waals surface area (Å²) >= 11 is 0. The lowest BCUT2D eigenvalue weighted by atomic mass is 9.78. The summed E-state index contributed by atoms with van der Waals surface area (Å²) in [5.74, 6) is 0.680. The molecule has 0 saturated carbocycles. The number of aldehydes is 1. The highest BCUT2D eigenvalue weighted by atomic mass is 16.7. The number of nitrogens with zero attached hydrogens (tertiary/aromatic N) is 1. The highest BCUT2D eigenvalue weighted by molar-refractivity contribution is 5.87. The third kappa shape index (κ3) is 31.8. The Morgan fingerprint density at radius 1 is 0.434 bits per heavy atom. The molecule has 0 bridgehead atoms. The zero-order valence-corrected chi connectivity index (χ0v) is 70.9. The molecule has 0 saturated heterocycles. The fourth-order valence-electron chi connectivity index (χ4n) is 10.6. The van der Waals surface area contributed by atoms with Gasteiger partial charge in [0.2, 0.25) is 6.41 Å². The second-order valence-corrected chi connectivity index (χ2v) is 37.5. The van der Waals surface area contributed by atoms with E-state index in [1.165, 1.54) is 12.5 Å². The van der Waals surface area contributed by atoms with Gasteiger partial charge in [-0.15, -0.1) is 0 Å². The first-order valence-electron chi connectivity index (χ1n) is 36.1. The van der Waals surface area contributed by atoms with Crippen LogP contribution in [0.25, 0.3) is 0 Å². The number of nitrogens with two attached hydrogens (primary N) is 1. The number of isocyanates is 1. The molecule has 5 aromatic rings. The van der Waals surface area contributed by atoms with E-state index in [-0.39, 0.29) is 78.9 Å². The van der Waals surface area contributed by atoms with Gasteiger partial charge in [-0.1, -0.05) is 251 Å². The highest BCUT2D eigenvalue weighted by Gasteiger charge is 2.32. The number of aryl methyl sites for hydroxylation is 1. The van der Waals surface area contributed by atoms with Crippen LogP contribution in [-0.2, 0) is 103 Å². The largest absolute Gasteiger partial charge is 0.507 e. The zero-order valence-electron chi connectivity index (χ0n) is 70.9. The van der Waals surface area contributed by atoms with Gasteiger partial charge in [0.1, 0.15) is 41.6 Å². The van der Waals surface area contributed by atoms with Gasteiger partial charge in [0.05, 0.1) is 6.54 Å². The molecule has 5 rings (SSSR count). The van der Waals surface area contributed by atoms with Crippen LogP contribution in [0.5, 0.6) is 28.7 Å². The maximum Gasteiger partial charge on any atom is 0.361 e. The van der Waals surface area contributed by atoms with Crippen LogP contribution < -0.4 is 21.7 Å². The lowest BCUT2D eigenvalue weighted by Crippen LogP contribution is -2.37. The average Bonchev–Trinajstić information content (AvgIpc) is 0.817. The summed E-state index contributed by atoms with van der Waals surface area (Å²) in [5, 5.41) is 63.1. The fourth-order valence-corrected chi connectivity index (χ4v) is 10.6. The molecule has 10 N–H and O–H groups in total. The number of carbonyl (C=O) groups is 5. The molecule has 18 nitrogen and oxygen atoms in total. The van der Waals surface area contributed by atoms with E-state index in [0.717, 1.165) is 84.7 Å². The number of benzene rings is 5. The lowest BCUT2D eigenvalue weighted by molar-refractivity contribution is -0.139. The molecule has 0 aromatic heterocycles. The van der Waals surface area contributed by atoms with E-state index in [9.17, 15) is 54.3 Å². The Kier molecular flexibility index (Phi) is 35.5. The van der Waals surface area contributed by atoms with Crippen molar-refractivity contribution in [3.05, 3.63) is 168 Å². The molecule has 0 aliphatic carbocycles. The normalized spacial score (nSPS) is 11.9. The fraction of sp³-hybridized carbons (Fsp3) is 0.545. The minimum Gasteiger partial charge on any atom is -0.507 e. The summed E-state index contributed by atoms with van der Waals surface area (Å²) in [7, 11) is 0. The van der Waals surface area contributed by atoms with Crippen molar-refractivity contribution < 1.29 is 63.9 Å². The van der Waals surface area contributed by atoms with E-state index in [1.54, 1.807) is 19.1 Å². The molecule has 0 radical (unpaired) electrons. The summed E-state index contributed by atoms with van der Waals surface area (Å²) in [4.78, 5) is 68.3. The Bertz CT molecular complexity index is 3720.